The summed E-state index contributed by atoms with van der Waals surface area (Å²) in [6, 6.07) is 13.5. The quantitative estimate of drug-likeness (QED) is 0.874. The predicted octanol–water partition coefficient (Wildman–Crippen LogP) is 3.73. The molecule has 0 spiro atoms. The highest BCUT2D eigenvalue weighted by molar-refractivity contribution is 8.18. The van der Waals surface area contributed by atoms with Crippen LogP contribution >= 0.6 is 11.8 Å². The van der Waals surface area contributed by atoms with Crippen molar-refractivity contribution < 1.29 is 13.9 Å². The van der Waals surface area contributed by atoms with Gasteiger partial charge in [-0.2, -0.15) is 0 Å². The van der Waals surface area contributed by atoms with Crippen LogP contribution in [0.2, 0.25) is 0 Å². The van der Waals surface area contributed by atoms with Gasteiger partial charge in [-0.25, -0.2) is 9.38 Å². The highest BCUT2D eigenvalue weighted by Crippen LogP contribution is 2.29. The molecule has 0 saturated carbocycles. The summed E-state index contributed by atoms with van der Waals surface area (Å²) in [5, 5.41) is 3.13. The van der Waals surface area contributed by atoms with Gasteiger partial charge in [0.1, 0.15) is 11.6 Å². The van der Waals surface area contributed by atoms with Crippen LogP contribution in [0.1, 0.15) is 5.56 Å². The van der Waals surface area contributed by atoms with Gasteiger partial charge < -0.3 is 10.1 Å². The Morgan fingerprint density at radius 3 is 2.61 bits per heavy atom. The monoisotopic (exact) mass is 328 g/mol. The molecule has 1 amide bonds. The molecule has 1 heterocycles. The van der Waals surface area contributed by atoms with Gasteiger partial charge in [0.2, 0.25) is 0 Å². The van der Waals surface area contributed by atoms with E-state index in [0.717, 1.165) is 5.75 Å². The first-order valence-corrected chi connectivity index (χ1v) is 7.65. The maximum Gasteiger partial charge on any atom is 0.264 e. The second-order valence-electron chi connectivity index (χ2n) is 4.70. The normalized spacial score (nSPS) is 17.6. The van der Waals surface area contributed by atoms with Crippen LogP contribution in [0.4, 0.5) is 10.1 Å². The van der Waals surface area contributed by atoms with Crippen LogP contribution in [-0.4, -0.2) is 18.2 Å². The van der Waals surface area contributed by atoms with E-state index in [1.165, 1.54) is 23.9 Å². The molecule has 0 bridgehead atoms. The molecule has 1 aliphatic rings. The number of halogens is 1. The molecule has 3 rings (SSSR count). The van der Waals surface area contributed by atoms with Gasteiger partial charge in [-0.3, -0.25) is 4.79 Å². The number of benzene rings is 2. The third kappa shape index (κ3) is 3.60. The molecular weight excluding hydrogens is 315 g/mol. The summed E-state index contributed by atoms with van der Waals surface area (Å²) < 4.78 is 18.7. The Labute approximate surface area is 137 Å². The molecule has 0 radical (unpaired) electrons. The molecule has 1 fully saturated rings. The number of thioether (sulfide) groups is 1. The Hall–Kier alpha value is -2.60. The second-order valence-corrected chi connectivity index (χ2v) is 5.73. The number of rotatable bonds is 3. The zero-order valence-electron chi connectivity index (χ0n) is 12.2. The number of hydrogen-bond acceptors (Lipinski definition) is 4. The highest BCUT2D eigenvalue weighted by Gasteiger charge is 2.24. The number of carbonyl (C=O) groups is 1. The van der Waals surface area contributed by atoms with E-state index in [1.807, 2.05) is 0 Å². The van der Waals surface area contributed by atoms with E-state index in [1.54, 1.807) is 49.6 Å². The molecule has 0 unspecified atom stereocenters. The Balaban J connectivity index is 1.81. The number of amidine groups is 1. The number of nitrogens with one attached hydrogen (secondary N) is 1. The van der Waals surface area contributed by atoms with Gasteiger partial charge in [0.05, 0.1) is 17.7 Å². The van der Waals surface area contributed by atoms with Crippen molar-refractivity contribution in [3.8, 4) is 5.75 Å². The van der Waals surface area contributed by atoms with Crippen LogP contribution in [0.3, 0.4) is 0 Å². The maximum absolute atomic E-state index is 13.7. The topological polar surface area (TPSA) is 50.7 Å². The summed E-state index contributed by atoms with van der Waals surface area (Å²) in [4.78, 5) is 16.7. The highest BCUT2D eigenvalue weighted by atomic mass is 32.2. The van der Waals surface area contributed by atoms with Crippen LogP contribution in [0.5, 0.6) is 5.75 Å². The van der Waals surface area contributed by atoms with E-state index in [-0.39, 0.29) is 11.7 Å². The zero-order chi connectivity index (χ0) is 16.2. The fourth-order valence-corrected chi connectivity index (χ4v) is 2.82. The summed E-state index contributed by atoms with van der Waals surface area (Å²) in [7, 11) is 1.59. The Kier molecular flexibility index (Phi) is 4.43. The first-order valence-electron chi connectivity index (χ1n) is 6.84. The third-order valence-electron chi connectivity index (χ3n) is 3.15. The summed E-state index contributed by atoms with van der Waals surface area (Å²) >= 11 is 1.18. The van der Waals surface area contributed by atoms with Gasteiger partial charge in [-0.15, -0.1) is 0 Å². The molecular formula is C17H13FN2O2S. The summed E-state index contributed by atoms with van der Waals surface area (Å²) in [6.07, 6.45) is 1.52. The largest absolute Gasteiger partial charge is 0.497 e. The Bertz CT molecular complexity index is 800. The van der Waals surface area contributed by atoms with Crippen LogP contribution in [-0.2, 0) is 4.79 Å². The molecule has 6 heteroatoms. The number of carbonyl (C=O) groups excluding carboxylic acids is 1. The van der Waals surface area contributed by atoms with Gasteiger partial charge >= 0.3 is 0 Å². The van der Waals surface area contributed by atoms with Crippen LogP contribution in [0.15, 0.2) is 58.4 Å². The molecule has 1 aliphatic heterocycles. The summed E-state index contributed by atoms with van der Waals surface area (Å²) in [5.74, 6) is 0.0802. The molecule has 1 N–H and O–H groups in total. The van der Waals surface area contributed by atoms with Crippen molar-refractivity contribution in [2.75, 3.05) is 7.11 Å². The molecule has 4 nitrogen and oxygen atoms in total. The minimum atomic E-state index is -0.367. The van der Waals surface area contributed by atoms with E-state index < -0.39 is 0 Å². The molecule has 2 aromatic carbocycles. The van der Waals surface area contributed by atoms with Crippen molar-refractivity contribution in [2.24, 2.45) is 4.99 Å². The Morgan fingerprint density at radius 1 is 1.17 bits per heavy atom. The van der Waals surface area contributed by atoms with Crippen LogP contribution in [0.25, 0.3) is 6.08 Å². The standard InChI is InChI=1S/C17H13FN2O2S/c1-22-13-8-6-12(7-9-13)19-17-20-16(21)15(23-17)10-11-4-2-3-5-14(11)18/h2-10H,1H3,(H,19,20,21). The molecule has 0 aliphatic carbocycles. The van der Waals surface area contributed by atoms with Crippen molar-refractivity contribution in [3.05, 3.63) is 64.8 Å². The van der Waals surface area contributed by atoms with E-state index in [9.17, 15) is 9.18 Å². The lowest BCUT2D eigenvalue weighted by atomic mass is 10.2. The van der Waals surface area contributed by atoms with E-state index in [2.05, 4.69) is 10.3 Å². The van der Waals surface area contributed by atoms with Crippen molar-refractivity contribution in [1.29, 1.82) is 0 Å². The van der Waals surface area contributed by atoms with Crippen molar-refractivity contribution in [3.63, 3.8) is 0 Å². The van der Waals surface area contributed by atoms with E-state index in [0.29, 0.717) is 21.3 Å². The zero-order valence-corrected chi connectivity index (χ0v) is 13.1. The summed E-state index contributed by atoms with van der Waals surface area (Å²) in [6.45, 7) is 0. The first kappa shape index (κ1) is 15.3. The molecule has 116 valence electrons. The van der Waals surface area contributed by atoms with Crippen LogP contribution in [0, 0.1) is 5.82 Å². The van der Waals surface area contributed by atoms with E-state index >= 15 is 0 Å². The smallest absolute Gasteiger partial charge is 0.264 e. The van der Waals surface area contributed by atoms with Crippen molar-refractivity contribution >= 4 is 34.6 Å². The van der Waals surface area contributed by atoms with Gasteiger partial charge in [0.15, 0.2) is 5.17 Å². The van der Waals surface area contributed by atoms with Gasteiger partial charge in [0.25, 0.3) is 5.91 Å². The lowest BCUT2D eigenvalue weighted by Gasteiger charge is -1.99. The van der Waals surface area contributed by atoms with Crippen molar-refractivity contribution in [1.82, 2.24) is 5.32 Å². The lowest BCUT2D eigenvalue weighted by molar-refractivity contribution is -0.115. The molecule has 1 saturated heterocycles. The Morgan fingerprint density at radius 2 is 1.91 bits per heavy atom. The number of aliphatic imine (C=N–C) groups is 1. The molecule has 0 aromatic heterocycles. The predicted molar refractivity (Wildman–Crippen MR) is 90.2 cm³/mol. The number of hydrogen-bond donors (Lipinski definition) is 1. The van der Waals surface area contributed by atoms with Crippen molar-refractivity contribution in [2.45, 2.75) is 0 Å². The van der Waals surface area contributed by atoms with Crippen LogP contribution < -0.4 is 10.1 Å². The number of amides is 1. The van der Waals surface area contributed by atoms with Gasteiger partial charge in [-0.1, -0.05) is 18.2 Å². The van der Waals surface area contributed by atoms with Gasteiger partial charge in [0, 0.05) is 5.56 Å². The molecule has 0 atom stereocenters. The molecule has 23 heavy (non-hydrogen) atoms. The average molecular weight is 328 g/mol. The van der Waals surface area contributed by atoms with Gasteiger partial charge in [-0.05, 0) is 48.2 Å². The number of methoxy groups -OCH3 is 1. The minimum absolute atomic E-state index is 0.287. The maximum atomic E-state index is 13.7. The fraction of sp³-hybridized carbons (Fsp3) is 0.0588. The number of ether oxygens (including phenoxy) is 1. The lowest BCUT2D eigenvalue weighted by Crippen LogP contribution is -2.19. The fourth-order valence-electron chi connectivity index (χ4n) is 1.99. The second kappa shape index (κ2) is 6.66. The molecule has 2 aromatic rings. The number of nitrogens with zero attached hydrogens (tertiary/aromatic N) is 1. The minimum Gasteiger partial charge on any atom is -0.497 e. The summed E-state index contributed by atoms with van der Waals surface area (Å²) in [5.41, 5.74) is 1.07. The SMILES string of the molecule is COc1ccc(N=C2NC(=O)C(=Cc3ccccc3F)S2)cc1. The van der Waals surface area contributed by atoms with E-state index in [4.69, 9.17) is 4.74 Å². The first-order chi connectivity index (χ1) is 11.2. The average Bonchev–Trinajstić information content (AvgIpc) is 2.90. The third-order valence-corrected chi connectivity index (χ3v) is 4.06.